The van der Waals surface area contributed by atoms with Crippen LogP contribution in [0.5, 0.6) is 0 Å². The number of benzene rings is 1. The molecular formula is C19H14ClFN4OS2. The molecule has 0 bridgehead atoms. The number of carbonyl (C=O) groups excluding carboxylic acids is 1. The molecule has 28 heavy (non-hydrogen) atoms. The van der Waals surface area contributed by atoms with E-state index in [0.29, 0.717) is 15.8 Å². The van der Waals surface area contributed by atoms with Crippen molar-refractivity contribution in [3.05, 3.63) is 75.3 Å². The Balaban J connectivity index is 1.46. The van der Waals surface area contributed by atoms with E-state index in [1.54, 1.807) is 18.2 Å². The normalized spacial score (nSPS) is 12.2. The number of amides is 1. The zero-order valence-electron chi connectivity index (χ0n) is 14.4. The fraction of sp³-hybridized carbons (Fsp3) is 0.105. The molecule has 9 heteroatoms. The van der Waals surface area contributed by atoms with Gasteiger partial charge in [0, 0.05) is 11.1 Å². The molecule has 0 fully saturated rings. The zero-order valence-corrected chi connectivity index (χ0v) is 16.7. The second kappa shape index (κ2) is 8.30. The maximum absolute atomic E-state index is 13.3. The van der Waals surface area contributed by atoms with Gasteiger partial charge in [-0.05, 0) is 35.2 Å². The molecule has 142 valence electrons. The minimum Gasteiger partial charge on any atom is -0.344 e. The largest absolute Gasteiger partial charge is 0.344 e. The maximum Gasteiger partial charge on any atom is 0.231 e. The summed E-state index contributed by atoms with van der Waals surface area (Å²) in [6, 6.07) is 11.4. The van der Waals surface area contributed by atoms with Gasteiger partial charge in [0.05, 0.1) is 22.3 Å². The molecule has 3 heterocycles. The van der Waals surface area contributed by atoms with E-state index in [1.807, 2.05) is 17.5 Å². The predicted molar refractivity (Wildman–Crippen MR) is 110 cm³/mol. The van der Waals surface area contributed by atoms with Crippen LogP contribution in [0.4, 0.5) is 4.39 Å². The van der Waals surface area contributed by atoms with Crippen molar-refractivity contribution in [2.45, 2.75) is 11.2 Å². The number of halogens is 2. The molecule has 0 aliphatic carbocycles. The zero-order chi connectivity index (χ0) is 19.5. The van der Waals surface area contributed by atoms with Crippen LogP contribution in [0.1, 0.15) is 16.5 Å². The maximum atomic E-state index is 13.3. The second-order valence-corrected chi connectivity index (χ2v) is 8.30. The van der Waals surface area contributed by atoms with Crippen molar-refractivity contribution in [1.82, 2.24) is 20.3 Å². The molecule has 0 saturated heterocycles. The molecule has 0 spiro atoms. The van der Waals surface area contributed by atoms with Crippen LogP contribution in [0.3, 0.4) is 0 Å². The van der Waals surface area contributed by atoms with Crippen molar-refractivity contribution in [2.24, 2.45) is 0 Å². The van der Waals surface area contributed by atoms with Crippen LogP contribution in [0.2, 0.25) is 5.02 Å². The van der Waals surface area contributed by atoms with Crippen LogP contribution in [-0.2, 0) is 4.79 Å². The highest BCUT2D eigenvalue weighted by molar-refractivity contribution is 7.99. The molecular weight excluding hydrogens is 419 g/mol. The van der Waals surface area contributed by atoms with E-state index in [0.717, 1.165) is 16.0 Å². The molecule has 4 aromatic rings. The summed E-state index contributed by atoms with van der Waals surface area (Å²) in [5.41, 5.74) is 2.10. The summed E-state index contributed by atoms with van der Waals surface area (Å²) in [6.07, 6.45) is 1.53. The molecule has 4 rings (SSSR count). The molecule has 0 saturated carbocycles. The molecule has 2 N–H and O–H groups in total. The number of thiophene rings is 1. The van der Waals surface area contributed by atoms with E-state index in [4.69, 9.17) is 11.6 Å². The first kappa shape index (κ1) is 18.9. The van der Waals surface area contributed by atoms with E-state index in [9.17, 15) is 9.18 Å². The number of fused-ring (bicyclic) bond motifs is 1. The van der Waals surface area contributed by atoms with Crippen molar-refractivity contribution in [2.75, 3.05) is 5.75 Å². The fourth-order valence-corrected chi connectivity index (χ4v) is 4.33. The third-order valence-electron chi connectivity index (χ3n) is 3.96. The lowest BCUT2D eigenvalue weighted by Gasteiger charge is -2.18. The van der Waals surface area contributed by atoms with E-state index in [-0.39, 0.29) is 23.5 Å². The number of carbonyl (C=O) groups is 1. The number of H-pyrrole nitrogens is 1. The van der Waals surface area contributed by atoms with Gasteiger partial charge in [-0.2, -0.15) is 0 Å². The Morgan fingerprint density at radius 1 is 1.32 bits per heavy atom. The van der Waals surface area contributed by atoms with Gasteiger partial charge in [0.25, 0.3) is 0 Å². The molecule has 1 unspecified atom stereocenters. The number of aromatic nitrogens is 3. The van der Waals surface area contributed by atoms with Gasteiger partial charge in [-0.25, -0.2) is 14.4 Å². The first-order valence-electron chi connectivity index (χ1n) is 8.31. The Labute approximate surface area is 173 Å². The summed E-state index contributed by atoms with van der Waals surface area (Å²) < 4.78 is 13.3. The fourth-order valence-electron chi connectivity index (χ4n) is 2.69. The van der Waals surface area contributed by atoms with Crippen molar-refractivity contribution in [3.8, 4) is 0 Å². The molecule has 1 amide bonds. The van der Waals surface area contributed by atoms with Gasteiger partial charge in [0.1, 0.15) is 5.82 Å². The standard InChI is InChI=1S/C19H14ClFN4OS2/c20-12-8-14-18(22-9-12)25-19(23-14)28-10-16(26)24-17(15-2-1-7-27-15)11-3-5-13(21)6-4-11/h1-9,17H,10H2,(H,24,26)(H,22,23,25). The van der Waals surface area contributed by atoms with Gasteiger partial charge in [0.2, 0.25) is 5.91 Å². The number of pyridine rings is 1. The molecule has 0 aliphatic rings. The van der Waals surface area contributed by atoms with Crippen LogP contribution in [0.15, 0.2) is 59.2 Å². The minimum atomic E-state index is -0.329. The average Bonchev–Trinajstić information content (AvgIpc) is 3.34. The summed E-state index contributed by atoms with van der Waals surface area (Å²) in [6.45, 7) is 0. The number of imidazole rings is 1. The minimum absolute atomic E-state index is 0.154. The molecule has 1 atom stereocenters. The van der Waals surface area contributed by atoms with Gasteiger partial charge < -0.3 is 10.3 Å². The van der Waals surface area contributed by atoms with Crippen molar-refractivity contribution < 1.29 is 9.18 Å². The first-order chi connectivity index (χ1) is 13.6. The highest BCUT2D eigenvalue weighted by Gasteiger charge is 2.18. The summed E-state index contributed by atoms with van der Waals surface area (Å²) in [5.74, 6) is -0.287. The number of aromatic amines is 1. The van der Waals surface area contributed by atoms with Crippen LogP contribution < -0.4 is 5.32 Å². The summed E-state index contributed by atoms with van der Waals surface area (Å²) in [5, 5.41) is 6.07. The lowest BCUT2D eigenvalue weighted by atomic mass is 10.1. The van der Waals surface area contributed by atoms with Crippen LogP contribution in [0.25, 0.3) is 11.2 Å². The Morgan fingerprint density at radius 2 is 2.14 bits per heavy atom. The van der Waals surface area contributed by atoms with E-state index in [2.05, 4.69) is 20.3 Å². The highest BCUT2D eigenvalue weighted by atomic mass is 35.5. The number of nitrogens with zero attached hydrogens (tertiary/aromatic N) is 2. The molecule has 0 aliphatic heterocycles. The van der Waals surface area contributed by atoms with Gasteiger partial charge in [-0.15, -0.1) is 11.3 Å². The van der Waals surface area contributed by atoms with Crippen molar-refractivity contribution in [3.63, 3.8) is 0 Å². The van der Waals surface area contributed by atoms with Crippen LogP contribution >= 0.6 is 34.7 Å². The SMILES string of the molecule is O=C(CSc1nc2ncc(Cl)cc2[nH]1)NC(c1ccc(F)cc1)c1cccs1. The Kier molecular flexibility index (Phi) is 5.61. The molecule has 0 radical (unpaired) electrons. The number of hydrogen-bond donors (Lipinski definition) is 2. The predicted octanol–water partition coefficient (Wildman–Crippen LogP) is 4.81. The van der Waals surface area contributed by atoms with Gasteiger partial charge in [0.15, 0.2) is 10.8 Å². The lowest BCUT2D eigenvalue weighted by molar-refractivity contribution is -0.119. The number of thioether (sulfide) groups is 1. The van der Waals surface area contributed by atoms with Crippen molar-refractivity contribution in [1.29, 1.82) is 0 Å². The monoisotopic (exact) mass is 432 g/mol. The lowest BCUT2D eigenvalue weighted by Crippen LogP contribution is -2.30. The Morgan fingerprint density at radius 3 is 2.89 bits per heavy atom. The number of nitrogens with one attached hydrogen (secondary N) is 2. The summed E-state index contributed by atoms with van der Waals surface area (Å²) in [4.78, 5) is 25.1. The Hall–Kier alpha value is -2.42. The van der Waals surface area contributed by atoms with Gasteiger partial charge in [-0.1, -0.05) is 41.6 Å². The Bertz CT molecular complexity index is 1100. The molecule has 5 nitrogen and oxygen atoms in total. The highest BCUT2D eigenvalue weighted by Crippen LogP contribution is 2.27. The third kappa shape index (κ3) is 4.35. The average molecular weight is 433 g/mol. The third-order valence-corrected chi connectivity index (χ3v) is 5.98. The van der Waals surface area contributed by atoms with Crippen LogP contribution in [-0.4, -0.2) is 26.6 Å². The summed E-state index contributed by atoms with van der Waals surface area (Å²) in [7, 11) is 0. The quantitative estimate of drug-likeness (QED) is 0.429. The second-order valence-electron chi connectivity index (χ2n) is 5.92. The number of rotatable bonds is 6. The smallest absolute Gasteiger partial charge is 0.231 e. The van der Waals surface area contributed by atoms with Gasteiger partial charge in [-0.3, -0.25) is 4.79 Å². The topological polar surface area (TPSA) is 70.7 Å². The van der Waals surface area contributed by atoms with Gasteiger partial charge >= 0.3 is 0 Å². The number of hydrogen-bond acceptors (Lipinski definition) is 5. The molecule has 3 aromatic heterocycles. The van der Waals surface area contributed by atoms with E-state index in [1.165, 1.54) is 41.4 Å². The van der Waals surface area contributed by atoms with Crippen LogP contribution in [0, 0.1) is 5.82 Å². The van der Waals surface area contributed by atoms with E-state index >= 15 is 0 Å². The van der Waals surface area contributed by atoms with Crippen molar-refractivity contribution >= 4 is 51.8 Å². The van der Waals surface area contributed by atoms with E-state index < -0.39 is 0 Å². The molecule has 1 aromatic carbocycles. The first-order valence-corrected chi connectivity index (χ1v) is 10.5. The summed E-state index contributed by atoms with van der Waals surface area (Å²) >= 11 is 8.74.